The van der Waals surface area contributed by atoms with E-state index in [1.807, 2.05) is 37.3 Å². The Morgan fingerprint density at radius 1 is 1.22 bits per heavy atom. The number of amides is 4. The van der Waals surface area contributed by atoms with E-state index in [0.29, 0.717) is 13.1 Å². The Morgan fingerprint density at radius 2 is 1.85 bits per heavy atom. The Bertz CT molecular complexity index is 732. The average Bonchev–Trinajstić information content (AvgIpc) is 2.81. The van der Waals surface area contributed by atoms with E-state index in [1.165, 1.54) is 6.92 Å². The molecule has 8 heteroatoms. The molecule has 1 aliphatic heterocycles. The molecular weight excluding hydrogens is 350 g/mol. The van der Waals surface area contributed by atoms with Crippen LogP contribution in [-0.2, 0) is 25.7 Å². The molecule has 0 radical (unpaired) electrons. The fourth-order valence-electron chi connectivity index (χ4n) is 2.78. The Morgan fingerprint density at radius 3 is 2.37 bits per heavy atom. The van der Waals surface area contributed by atoms with Gasteiger partial charge in [0.2, 0.25) is 0 Å². The number of carbonyl (C=O) groups excluding carboxylic acids is 4. The molecule has 0 aromatic heterocycles. The molecular formula is C19H25N3O5. The van der Waals surface area contributed by atoms with E-state index >= 15 is 0 Å². The summed E-state index contributed by atoms with van der Waals surface area (Å²) in [6, 6.07) is 8.83. The number of urea groups is 1. The molecule has 1 aromatic rings. The molecule has 146 valence electrons. The summed E-state index contributed by atoms with van der Waals surface area (Å²) in [5.41, 5.74) is -0.0965. The minimum Gasteiger partial charge on any atom is -0.451 e. The Labute approximate surface area is 158 Å². The number of esters is 1. The second kappa shape index (κ2) is 8.20. The van der Waals surface area contributed by atoms with Gasteiger partial charge in [0.05, 0.1) is 0 Å². The minimum absolute atomic E-state index is 0.341. The van der Waals surface area contributed by atoms with E-state index in [4.69, 9.17) is 4.74 Å². The molecule has 8 nitrogen and oxygen atoms in total. The molecule has 2 rings (SSSR count). The fourth-order valence-corrected chi connectivity index (χ4v) is 2.78. The second-order valence-electron chi connectivity index (χ2n) is 6.92. The van der Waals surface area contributed by atoms with E-state index in [-0.39, 0.29) is 5.91 Å². The first kappa shape index (κ1) is 20.4. The second-order valence-corrected chi connectivity index (χ2v) is 6.92. The lowest BCUT2D eigenvalue weighted by Crippen LogP contribution is -2.43. The van der Waals surface area contributed by atoms with Crippen LogP contribution in [-0.4, -0.2) is 58.3 Å². The highest BCUT2D eigenvalue weighted by molar-refractivity contribution is 6.08. The molecule has 0 spiro atoms. The van der Waals surface area contributed by atoms with Crippen molar-refractivity contribution < 1.29 is 23.9 Å². The molecule has 1 aliphatic rings. The Balaban J connectivity index is 1.93. The van der Waals surface area contributed by atoms with Crippen molar-refractivity contribution in [1.29, 1.82) is 0 Å². The van der Waals surface area contributed by atoms with Gasteiger partial charge >= 0.3 is 12.0 Å². The van der Waals surface area contributed by atoms with Crippen LogP contribution < -0.4 is 5.32 Å². The van der Waals surface area contributed by atoms with Gasteiger partial charge in [0.15, 0.2) is 6.10 Å². The Hall–Kier alpha value is -2.90. The lowest BCUT2D eigenvalue weighted by Gasteiger charge is -2.25. The highest BCUT2D eigenvalue weighted by Gasteiger charge is 2.45. The zero-order valence-electron chi connectivity index (χ0n) is 16.0. The summed E-state index contributed by atoms with van der Waals surface area (Å²) in [5.74, 6) is -1.66. The number of nitrogens with zero attached hydrogens (tertiary/aromatic N) is 2. The molecule has 1 unspecified atom stereocenters. The van der Waals surface area contributed by atoms with Crippen molar-refractivity contribution in [2.75, 3.05) is 13.1 Å². The van der Waals surface area contributed by atoms with E-state index in [2.05, 4.69) is 5.32 Å². The standard InChI is InChI=1S/C19H25N3O5/c1-5-21(11-14-9-7-6-8-10-14)16(24)13(2)27-15(23)12-22-17(25)19(3,4)20-18(22)26/h6-10,13H,5,11-12H2,1-4H3,(H,20,26). The summed E-state index contributed by atoms with van der Waals surface area (Å²) in [6.45, 7) is 6.74. The van der Waals surface area contributed by atoms with E-state index in [1.54, 1.807) is 18.7 Å². The van der Waals surface area contributed by atoms with Gasteiger partial charge in [0.1, 0.15) is 12.1 Å². The minimum atomic E-state index is -1.06. The summed E-state index contributed by atoms with van der Waals surface area (Å²) in [7, 11) is 0. The van der Waals surface area contributed by atoms with E-state index in [9.17, 15) is 19.2 Å². The summed E-state index contributed by atoms with van der Waals surface area (Å²) in [5, 5.41) is 2.48. The normalized spacial score (nSPS) is 16.7. The third-order valence-corrected chi connectivity index (χ3v) is 4.30. The lowest BCUT2D eigenvalue weighted by atomic mass is 10.1. The van der Waals surface area contributed by atoms with Gasteiger partial charge in [-0.05, 0) is 33.3 Å². The molecule has 4 amide bonds. The van der Waals surface area contributed by atoms with Gasteiger partial charge in [-0.2, -0.15) is 0 Å². The van der Waals surface area contributed by atoms with Crippen LogP contribution in [0.25, 0.3) is 0 Å². The van der Waals surface area contributed by atoms with Gasteiger partial charge in [0, 0.05) is 13.1 Å². The molecule has 27 heavy (non-hydrogen) atoms. The summed E-state index contributed by atoms with van der Waals surface area (Å²) in [6.07, 6.45) is -1.02. The van der Waals surface area contributed by atoms with Gasteiger partial charge in [-0.25, -0.2) is 4.79 Å². The number of hydrogen-bond donors (Lipinski definition) is 1. The first-order valence-corrected chi connectivity index (χ1v) is 8.82. The van der Waals surface area contributed by atoms with Gasteiger partial charge in [-0.3, -0.25) is 19.3 Å². The maximum atomic E-state index is 12.6. The van der Waals surface area contributed by atoms with Crippen molar-refractivity contribution in [3.8, 4) is 0 Å². The number of rotatable bonds is 7. The topological polar surface area (TPSA) is 96.0 Å². The van der Waals surface area contributed by atoms with Crippen LogP contribution in [0.15, 0.2) is 30.3 Å². The van der Waals surface area contributed by atoms with Crippen molar-refractivity contribution in [3.05, 3.63) is 35.9 Å². The summed E-state index contributed by atoms with van der Waals surface area (Å²) >= 11 is 0. The molecule has 1 atom stereocenters. The number of imide groups is 1. The first-order valence-electron chi connectivity index (χ1n) is 8.82. The van der Waals surface area contributed by atoms with Crippen LogP contribution in [0.1, 0.15) is 33.3 Å². The first-order chi connectivity index (χ1) is 12.7. The molecule has 0 saturated carbocycles. The predicted molar refractivity (Wildman–Crippen MR) is 97.4 cm³/mol. The van der Waals surface area contributed by atoms with Crippen LogP contribution in [0.2, 0.25) is 0 Å². The molecule has 1 saturated heterocycles. The summed E-state index contributed by atoms with van der Waals surface area (Å²) < 4.78 is 5.16. The van der Waals surface area contributed by atoms with Gasteiger partial charge in [0.25, 0.3) is 11.8 Å². The molecule has 0 bridgehead atoms. The maximum Gasteiger partial charge on any atom is 0.327 e. The smallest absolute Gasteiger partial charge is 0.327 e. The largest absolute Gasteiger partial charge is 0.451 e. The highest BCUT2D eigenvalue weighted by atomic mass is 16.5. The van der Waals surface area contributed by atoms with Gasteiger partial charge in [-0.15, -0.1) is 0 Å². The molecule has 0 aliphatic carbocycles. The van der Waals surface area contributed by atoms with Crippen LogP contribution in [0, 0.1) is 0 Å². The quantitative estimate of drug-likeness (QED) is 0.572. The predicted octanol–water partition coefficient (Wildman–Crippen LogP) is 1.30. The van der Waals surface area contributed by atoms with Crippen molar-refractivity contribution in [2.24, 2.45) is 0 Å². The number of nitrogens with one attached hydrogen (secondary N) is 1. The zero-order chi connectivity index (χ0) is 20.2. The number of carbonyl (C=O) groups is 4. The van der Waals surface area contributed by atoms with Crippen LogP contribution >= 0.6 is 0 Å². The maximum absolute atomic E-state index is 12.6. The van der Waals surface area contributed by atoms with Crippen LogP contribution in [0.4, 0.5) is 4.79 Å². The van der Waals surface area contributed by atoms with Crippen molar-refractivity contribution in [1.82, 2.24) is 15.1 Å². The SMILES string of the molecule is CCN(Cc1ccccc1)C(=O)C(C)OC(=O)CN1C(=O)NC(C)(C)C1=O. The third kappa shape index (κ3) is 4.84. The number of likely N-dealkylation sites (N-methyl/N-ethyl adjacent to an activating group) is 1. The molecule has 1 fully saturated rings. The number of benzene rings is 1. The molecule has 1 N–H and O–H groups in total. The highest BCUT2D eigenvalue weighted by Crippen LogP contribution is 2.16. The fraction of sp³-hybridized carbons (Fsp3) is 0.474. The molecule has 1 heterocycles. The van der Waals surface area contributed by atoms with E-state index < -0.39 is 36.1 Å². The number of ether oxygens (including phenoxy) is 1. The van der Waals surface area contributed by atoms with E-state index in [0.717, 1.165) is 10.5 Å². The Kier molecular flexibility index (Phi) is 6.20. The van der Waals surface area contributed by atoms with Crippen molar-refractivity contribution >= 4 is 23.8 Å². The van der Waals surface area contributed by atoms with Gasteiger partial charge in [-0.1, -0.05) is 30.3 Å². The van der Waals surface area contributed by atoms with Crippen LogP contribution in [0.3, 0.4) is 0 Å². The van der Waals surface area contributed by atoms with Crippen molar-refractivity contribution in [2.45, 2.75) is 45.9 Å². The lowest BCUT2D eigenvalue weighted by molar-refractivity contribution is -0.160. The van der Waals surface area contributed by atoms with Gasteiger partial charge < -0.3 is 15.0 Å². The zero-order valence-corrected chi connectivity index (χ0v) is 16.0. The summed E-state index contributed by atoms with van der Waals surface area (Å²) in [4.78, 5) is 51.0. The average molecular weight is 375 g/mol. The number of hydrogen-bond acceptors (Lipinski definition) is 5. The van der Waals surface area contributed by atoms with Crippen LogP contribution in [0.5, 0.6) is 0 Å². The monoisotopic (exact) mass is 375 g/mol. The molecule has 1 aromatic carbocycles. The third-order valence-electron chi connectivity index (χ3n) is 4.30. The van der Waals surface area contributed by atoms with Crippen molar-refractivity contribution in [3.63, 3.8) is 0 Å².